The highest BCUT2D eigenvalue weighted by atomic mass is 32.2. The Morgan fingerprint density at radius 2 is 2.33 bits per heavy atom. The van der Waals surface area contributed by atoms with Crippen LogP contribution >= 0.6 is 23.5 Å². The maximum absolute atomic E-state index is 11.7. The van der Waals surface area contributed by atoms with Crippen molar-refractivity contribution in [2.75, 3.05) is 23.8 Å². The lowest BCUT2D eigenvalue weighted by atomic mass is 10.3. The molecule has 1 saturated heterocycles. The van der Waals surface area contributed by atoms with Crippen molar-refractivity contribution in [3.8, 4) is 0 Å². The lowest BCUT2D eigenvalue weighted by Gasteiger charge is -2.20. The van der Waals surface area contributed by atoms with Gasteiger partial charge in [0.05, 0.1) is 5.56 Å². The van der Waals surface area contributed by atoms with Gasteiger partial charge >= 0.3 is 5.97 Å². The number of aromatic carboxylic acids is 1. The molecule has 0 saturated carbocycles. The van der Waals surface area contributed by atoms with Crippen LogP contribution in [0.3, 0.4) is 0 Å². The van der Waals surface area contributed by atoms with Crippen molar-refractivity contribution in [3.63, 3.8) is 0 Å². The molecule has 1 fully saturated rings. The zero-order chi connectivity index (χ0) is 13.0. The van der Waals surface area contributed by atoms with E-state index in [4.69, 9.17) is 9.52 Å². The highest BCUT2D eigenvalue weighted by Crippen LogP contribution is 2.23. The van der Waals surface area contributed by atoms with Crippen LogP contribution in [-0.2, 0) is 0 Å². The molecule has 1 aliphatic rings. The fraction of sp³-hybridized carbons (Fsp3) is 0.455. The average molecular weight is 287 g/mol. The van der Waals surface area contributed by atoms with Crippen molar-refractivity contribution in [3.05, 3.63) is 23.7 Å². The second kappa shape index (κ2) is 6.19. The zero-order valence-electron chi connectivity index (χ0n) is 9.55. The van der Waals surface area contributed by atoms with Crippen LogP contribution in [0.25, 0.3) is 0 Å². The molecule has 5 nitrogen and oxygen atoms in total. The van der Waals surface area contributed by atoms with E-state index in [1.807, 2.05) is 23.5 Å². The summed E-state index contributed by atoms with van der Waals surface area (Å²) in [5.41, 5.74) is -0.0113. The van der Waals surface area contributed by atoms with Crippen LogP contribution in [0.15, 0.2) is 16.7 Å². The molecule has 98 valence electrons. The van der Waals surface area contributed by atoms with Crippen molar-refractivity contribution in [1.82, 2.24) is 5.32 Å². The van der Waals surface area contributed by atoms with Crippen LogP contribution in [0.1, 0.15) is 20.9 Å². The molecule has 18 heavy (non-hydrogen) atoms. The summed E-state index contributed by atoms with van der Waals surface area (Å²) in [4.78, 5) is 22.4. The first-order valence-electron chi connectivity index (χ1n) is 5.46. The minimum absolute atomic E-state index is 0.0113. The smallest absolute Gasteiger partial charge is 0.338 e. The summed E-state index contributed by atoms with van der Waals surface area (Å²) < 4.78 is 4.92. The Hall–Kier alpha value is -1.08. The van der Waals surface area contributed by atoms with Crippen LogP contribution in [0.5, 0.6) is 0 Å². The molecule has 1 aliphatic heterocycles. The fourth-order valence-corrected chi connectivity index (χ4v) is 4.13. The van der Waals surface area contributed by atoms with Crippen molar-refractivity contribution >= 4 is 35.4 Å². The monoisotopic (exact) mass is 287 g/mol. The number of hydrogen-bond acceptors (Lipinski definition) is 5. The predicted octanol–water partition coefficient (Wildman–Crippen LogP) is 1.56. The molecule has 7 heteroatoms. The molecule has 2 rings (SSSR count). The first-order valence-corrected chi connectivity index (χ1v) is 7.66. The Bertz CT molecular complexity index is 440. The van der Waals surface area contributed by atoms with Crippen molar-refractivity contribution < 1.29 is 19.1 Å². The van der Waals surface area contributed by atoms with Gasteiger partial charge in [-0.05, 0) is 0 Å². The van der Waals surface area contributed by atoms with Gasteiger partial charge in [0.1, 0.15) is 6.26 Å². The van der Waals surface area contributed by atoms with Crippen molar-refractivity contribution in [2.45, 2.75) is 5.25 Å². The van der Waals surface area contributed by atoms with Gasteiger partial charge < -0.3 is 14.8 Å². The third-order valence-corrected chi connectivity index (χ3v) is 5.29. The number of furan rings is 1. The fourth-order valence-electron chi connectivity index (χ4n) is 1.52. The number of nitrogens with one attached hydrogen (secondary N) is 1. The lowest BCUT2D eigenvalue weighted by Crippen LogP contribution is -2.33. The second-order valence-electron chi connectivity index (χ2n) is 3.78. The molecular weight excluding hydrogens is 274 g/mol. The molecule has 1 atom stereocenters. The summed E-state index contributed by atoms with van der Waals surface area (Å²) in [7, 11) is 0. The SMILES string of the molecule is O=C(O)c1coc(C(=O)NCC2CSCCS2)c1. The molecule has 1 aromatic heterocycles. The van der Waals surface area contributed by atoms with Gasteiger partial charge in [-0.1, -0.05) is 0 Å². The molecule has 0 bridgehead atoms. The van der Waals surface area contributed by atoms with Crippen molar-refractivity contribution in [1.29, 1.82) is 0 Å². The van der Waals surface area contributed by atoms with E-state index in [2.05, 4.69) is 5.32 Å². The summed E-state index contributed by atoms with van der Waals surface area (Å²) >= 11 is 3.74. The molecule has 2 N–H and O–H groups in total. The molecule has 0 spiro atoms. The third-order valence-electron chi connectivity index (χ3n) is 2.45. The summed E-state index contributed by atoms with van der Waals surface area (Å²) in [6.07, 6.45) is 1.07. The Labute approximate surface area is 113 Å². The molecule has 0 aliphatic carbocycles. The number of carbonyl (C=O) groups is 2. The van der Waals surface area contributed by atoms with Crippen molar-refractivity contribution in [2.24, 2.45) is 0 Å². The minimum atomic E-state index is -1.10. The highest BCUT2D eigenvalue weighted by molar-refractivity contribution is 8.06. The van der Waals surface area contributed by atoms with Crippen LogP contribution in [0, 0.1) is 0 Å². The Morgan fingerprint density at radius 3 is 2.94 bits per heavy atom. The number of carbonyl (C=O) groups excluding carboxylic acids is 1. The van der Waals surface area contributed by atoms with Gasteiger partial charge in [0.2, 0.25) is 0 Å². The molecule has 1 unspecified atom stereocenters. The van der Waals surface area contributed by atoms with E-state index in [9.17, 15) is 9.59 Å². The minimum Gasteiger partial charge on any atom is -0.478 e. The van der Waals surface area contributed by atoms with E-state index in [1.165, 1.54) is 6.07 Å². The van der Waals surface area contributed by atoms with Crippen LogP contribution in [0.2, 0.25) is 0 Å². The van der Waals surface area contributed by atoms with E-state index in [1.54, 1.807) is 0 Å². The van der Waals surface area contributed by atoms with Crippen LogP contribution < -0.4 is 5.32 Å². The van der Waals surface area contributed by atoms with Gasteiger partial charge in [0.25, 0.3) is 5.91 Å². The van der Waals surface area contributed by atoms with Crippen LogP contribution in [0.4, 0.5) is 0 Å². The van der Waals surface area contributed by atoms with E-state index >= 15 is 0 Å². The van der Waals surface area contributed by atoms with E-state index in [0.29, 0.717) is 11.8 Å². The second-order valence-corrected chi connectivity index (χ2v) is 6.34. The average Bonchev–Trinajstić information content (AvgIpc) is 2.87. The Kier molecular flexibility index (Phi) is 4.60. The number of carboxylic acid groups (broad SMARTS) is 1. The van der Waals surface area contributed by atoms with Gasteiger partial charge in [-0.25, -0.2) is 4.79 Å². The van der Waals surface area contributed by atoms with Gasteiger partial charge in [-0.3, -0.25) is 4.79 Å². The number of hydrogen-bond donors (Lipinski definition) is 2. The summed E-state index contributed by atoms with van der Waals surface area (Å²) in [5.74, 6) is 1.88. The van der Waals surface area contributed by atoms with Crippen LogP contribution in [-0.4, -0.2) is 46.0 Å². The number of carboxylic acids is 1. The van der Waals surface area contributed by atoms with Gasteiger partial charge in [-0.15, -0.1) is 0 Å². The maximum Gasteiger partial charge on any atom is 0.338 e. The standard InChI is InChI=1S/C11H13NO4S2/c13-10(9-3-7(5-16-9)11(14)15)12-4-8-6-17-1-2-18-8/h3,5,8H,1-2,4,6H2,(H,12,13)(H,14,15). The molecule has 0 aromatic carbocycles. The number of amides is 1. The van der Waals surface area contributed by atoms with E-state index < -0.39 is 5.97 Å². The van der Waals surface area contributed by atoms with Gasteiger partial charge in [-0.2, -0.15) is 23.5 Å². The number of rotatable bonds is 4. The summed E-state index contributed by atoms with van der Waals surface area (Å²) in [6, 6.07) is 1.24. The number of thioether (sulfide) groups is 2. The Balaban J connectivity index is 1.84. The third kappa shape index (κ3) is 3.46. The molecular formula is C11H13NO4S2. The molecule has 1 amide bonds. The topological polar surface area (TPSA) is 79.5 Å². The Morgan fingerprint density at radius 1 is 1.50 bits per heavy atom. The highest BCUT2D eigenvalue weighted by Gasteiger charge is 2.18. The lowest BCUT2D eigenvalue weighted by molar-refractivity contribution is 0.0696. The summed E-state index contributed by atoms with van der Waals surface area (Å²) in [6.45, 7) is 0.583. The largest absolute Gasteiger partial charge is 0.478 e. The molecule has 0 radical (unpaired) electrons. The van der Waals surface area contributed by atoms with Gasteiger partial charge in [0.15, 0.2) is 5.76 Å². The molecule has 1 aromatic rings. The quantitative estimate of drug-likeness (QED) is 0.875. The predicted molar refractivity (Wildman–Crippen MR) is 71.6 cm³/mol. The molecule has 2 heterocycles. The zero-order valence-corrected chi connectivity index (χ0v) is 11.2. The van der Waals surface area contributed by atoms with E-state index in [0.717, 1.165) is 23.5 Å². The maximum atomic E-state index is 11.7. The van der Waals surface area contributed by atoms with E-state index in [-0.39, 0.29) is 17.2 Å². The first-order chi connectivity index (χ1) is 8.66. The normalized spacial score (nSPS) is 19.4. The van der Waals surface area contributed by atoms with Gasteiger partial charge in [0, 0.05) is 35.1 Å². The first kappa shape index (κ1) is 13.4. The summed E-state index contributed by atoms with van der Waals surface area (Å²) in [5, 5.41) is 11.9.